The fraction of sp³-hybridized carbons (Fsp3) is 0.0833. The summed E-state index contributed by atoms with van der Waals surface area (Å²) in [6, 6.07) is 19.3. The predicted molar refractivity (Wildman–Crippen MR) is 121 cm³/mol. The van der Waals surface area contributed by atoms with Crippen LogP contribution in [0.5, 0.6) is 0 Å². The maximum Gasteiger partial charge on any atom is 0.302 e. The Hall–Kier alpha value is -3.45. The first-order chi connectivity index (χ1) is 14.9. The molecule has 0 spiro atoms. The molecule has 3 aromatic carbocycles. The van der Waals surface area contributed by atoms with Crippen molar-refractivity contribution < 1.29 is 18.7 Å². The number of amides is 1. The lowest BCUT2D eigenvalue weighted by atomic mass is 10.2. The van der Waals surface area contributed by atoms with Gasteiger partial charge in [0.1, 0.15) is 12.4 Å². The number of carbonyl (C=O) groups excluding carboxylic acids is 2. The molecule has 0 unspecified atom stereocenters. The molecule has 0 fully saturated rings. The first-order valence-electron chi connectivity index (χ1n) is 9.51. The van der Waals surface area contributed by atoms with Crippen LogP contribution < -0.4 is 5.32 Å². The van der Waals surface area contributed by atoms with Crippen LogP contribution >= 0.6 is 15.9 Å². The Bertz CT molecular complexity index is 1280. The van der Waals surface area contributed by atoms with Gasteiger partial charge in [-0.25, -0.2) is 4.39 Å². The van der Waals surface area contributed by atoms with E-state index in [1.807, 2.05) is 36.4 Å². The van der Waals surface area contributed by atoms with Crippen molar-refractivity contribution in [1.29, 1.82) is 0 Å². The number of carbonyl (C=O) groups is 2. The molecule has 0 aliphatic carbocycles. The summed E-state index contributed by atoms with van der Waals surface area (Å²) in [6.45, 7) is 1.30. The Labute approximate surface area is 186 Å². The van der Waals surface area contributed by atoms with Gasteiger partial charge in [-0.3, -0.25) is 9.59 Å². The molecule has 0 saturated heterocycles. The quantitative estimate of drug-likeness (QED) is 0.364. The molecule has 0 atom stereocenters. The molecule has 5 nitrogen and oxygen atoms in total. The van der Waals surface area contributed by atoms with Gasteiger partial charge < -0.3 is 14.6 Å². The topological polar surface area (TPSA) is 60.3 Å². The van der Waals surface area contributed by atoms with E-state index in [2.05, 4.69) is 21.2 Å². The lowest BCUT2D eigenvalue weighted by Gasteiger charge is -2.12. The Morgan fingerprint density at radius 2 is 1.84 bits per heavy atom. The van der Waals surface area contributed by atoms with Gasteiger partial charge in [-0.15, -0.1) is 0 Å². The monoisotopic (exact) mass is 480 g/mol. The van der Waals surface area contributed by atoms with Crippen molar-refractivity contribution in [1.82, 2.24) is 4.57 Å². The summed E-state index contributed by atoms with van der Waals surface area (Å²) < 4.78 is 22.2. The van der Waals surface area contributed by atoms with Gasteiger partial charge in [0.15, 0.2) is 0 Å². The van der Waals surface area contributed by atoms with Crippen molar-refractivity contribution in [3.8, 4) is 5.69 Å². The van der Waals surface area contributed by atoms with E-state index in [-0.39, 0.29) is 12.5 Å². The molecule has 1 amide bonds. The molecule has 0 aliphatic heterocycles. The highest BCUT2D eigenvalue weighted by atomic mass is 79.9. The lowest BCUT2D eigenvalue weighted by molar-refractivity contribution is -0.142. The van der Waals surface area contributed by atoms with Gasteiger partial charge in [0, 0.05) is 39.8 Å². The second-order valence-electron chi connectivity index (χ2n) is 6.95. The van der Waals surface area contributed by atoms with E-state index in [4.69, 9.17) is 4.74 Å². The average molecular weight is 481 g/mol. The van der Waals surface area contributed by atoms with Crippen LogP contribution in [0, 0.1) is 5.82 Å². The van der Waals surface area contributed by atoms with E-state index in [0.717, 1.165) is 10.9 Å². The number of aromatic nitrogens is 1. The van der Waals surface area contributed by atoms with Gasteiger partial charge in [0.25, 0.3) is 5.91 Å². The third-order valence-corrected chi connectivity index (χ3v) is 5.53. The SMILES string of the molecule is CC(=O)OCc1cc(F)c(-n2ccc3cc(NC(=O)c4ccccc4)ccc32)cc1Br. The lowest BCUT2D eigenvalue weighted by Crippen LogP contribution is -2.11. The second kappa shape index (κ2) is 8.73. The van der Waals surface area contributed by atoms with E-state index < -0.39 is 11.8 Å². The highest BCUT2D eigenvalue weighted by molar-refractivity contribution is 9.10. The summed E-state index contributed by atoms with van der Waals surface area (Å²) in [4.78, 5) is 23.4. The van der Waals surface area contributed by atoms with Gasteiger partial charge in [-0.1, -0.05) is 34.1 Å². The van der Waals surface area contributed by atoms with Crippen LogP contribution in [0.15, 0.2) is 77.4 Å². The molecule has 1 heterocycles. The van der Waals surface area contributed by atoms with E-state index in [9.17, 15) is 14.0 Å². The summed E-state index contributed by atoms with van der Waals surface area (Å²) in [5.41, 5.74) is 2.91. The number of hydrogen-bond acceptors (Lipinski definition) is 3. The first kappa shape index (κ1) is 20.8. The summed E-state index contributed by atoms with van der Waals surface area (Å²) in [6.07, 6.45) is 1.77. The number of ether oxygens (including phenoxy) is 1. The molecule has 31 heavy (non-hydrogen) atoms. The highest BCUT2D eigenvalue weighted by Gasteiger charge is 2.14. The number of rotatable bonds is 5. The van der Waals surface area contributed by atoms with E-state index in [1.165, 1.54) is 13.0 Å². The minimum Gasteiger partial charge on any atom is -0.461 e. The standard InChI is InChI=1S/C24H18BrFN2O3/c1-15(29)31-14-18-12-21(26)23(13-20(18)25)28-10-9-17-11-19(7-8-22(17)28)27-24(30)16-5-3-2-4-6-16/h2-13H,14H2,1H3,(H,27,30). The molecular formula is C24H18BrFN2O3. The third-order valence-electron chi connectivity index (χ3n) is 4.79. The van der Waals surface area contributed by atoms with Crippen molar-refractivity contribution in [3.05, 3.63) is 94.3 Å². The van der Waals surface area contributed by atoms with Crippen LogP contribution in [0.2, 0.25) is 0 Å². The third kappa shape index (κ3) is 4.51. The molecule has 0 aliphatic rings. The van der Waals surface area contributed by atoms with Crippen molar-refractivity contribution in [2.24, 2.45) is 0 Å². The zero-order valence-electron chi connectivity index (χ0n) is 16.6. The largest absolute Gasteiger partial charge is 0.461 e. The van der Waals surface area contributed by atoms with Crippen molar-refractivity contribution >= 4 is 44.4 Å². The molecule has 0 radical (unpaired) electrons. The molecular weight excluding hydrogens is 463 g/mol. The molecule has 0 saturated carbocycles. The molecule has 156 valence electrons. The maximum absolute atomic E-state index is 14.8. The van der Waals surface area contributed by atoms with Crippen LogP contribution in [-0.4, -0.2) is 16.4 Å². The molecule has 7 heteroatoms. The molecule has 4 aromatic rings. The van der Waals surface area contributed by atoms with Crippen LogP contribution in [0.1, 0.15) is 22.8 Å². The normalized spacial score (nSPS) is 10.8. The minimum atomic E-state index is -0.440. The number of esters is 1. The number of fused-ring (bicyclic) bond motifs is 1. The zero-order valence-corrected chi connectivity index (χ0v) is 18.1. The van der Waals surface area contributed by atoms with E-state index >= 15 is 0 Å². The second-order valence-corrected chi connectivity index (χ2v) is 7.81. The van der Waals surface area contributed by atoms with Gasteiger partial charge in [-0.05, 0) is 48.5 Å². The molecule has 1 N–H and O–H groups in total. The maximum atomic E-state index is 14.8. The summed E-state index contributed by atoms with van der Waals surface area (Å²) in [5.74, 6) is -1.06. The van der Waals surface area contributed by atoms with Gasteiger partial charge >= 0.3 is 5.97 Å². The number of nitrogens with zero attached hydrogens (tertiary/aromatic N) is 1. The van der Waals surface area contributed by atoms with Crippen molar-refractivity contribution in [3.63, 3.8) is 0 Å². The van der Waals surface area contributed by atoms with Crippen LogP contribution in [0.3, 0.4) is 0 Å². The van der Waals surface area contributed by atoms with E-state index in [0.29, 0.717) is 27.0 Å². The Morgan fingerprint density at radius 3 is 2.58 bits per heavy atom. The molecule has 0 bridgehead atoms. The summed E-state index contributed by atoms with van der Waals surface area (Å²) in [7, 11) is 0. The molecule has 1 aromatic heterocycles. The van der Waals surface area contributed by atoms with Crippen molar-refractivity contribution in [2.75, 3.05) is 5.32 Å². The van der Waals surface area contributed by atoms with E-state index in [1.54, 1.807) is 35.0 Å². The Morgan fingerprint density at radius 1 is 1.06 bits per heavy atom. The Kier molecular flexibility index (Phi) is 5.86. The van der Waals surface area contributed by atoms with Gasteiger partial charge in [0.2, 0.25) is 0 Å². The first-order valence-corrected chi connectivity index (χ1v) is 10.3. The summed E-state index contributed by atoms with van der Waals surface area (Å²) in [5, 5.41) is 3.73. The number of halogens is 2. The van der Waals surface area contributed by atoms with Crippen LogP contribution in [-0.2, 0) is 16.1 Å². The number of hydrogen-bond donors (Lipinski definition) is 1. The average Bonchev–Trinajstić information content (AvgIpc) is 3.17. The number of benzene rings is 3. The smallest absolute Gasteiger partial charge is 0.302 e. The van der Waals surface area contributed by atoms with Gasteiger partial charge in [0.05, 0.1) is 11.2 Å². The zero-order chi connectivity index (χ0) is 22.0. The molecule has 4 rings (SSSR count). The fourth-order valence-corrected chi connectivity index (χ4v) is 3.72. The van der Waals surface area contributed by atoms with Crippen LogP contribution in [0.25, 0.3) is 16.6 Å². The number of nitrogens with one attached hydrogen (secondary N) is 1. The summed E-state index contributed by atoms with van der Waals surface area (Å²) >= 11 is 3.42. The van der Waals surface area contributed by atoms with Crippen LogP contribution in [0.4, 0.5) is 10.1 Å². The van der Waals surface area contributed by atoms with Gasteiger partial charge in [-0.2, -0.15) is 0 Å². The highest BCUT2D eigenvalue weighted by Crippen LogP contribution is 2.29. The minimum absolute atomic E-state index is 0.00991. The number of anilines is 1. The van der Waals surface area contributed by atoms with Crippen molar-refractivity contribution in [2.45, 2.75) is 13.5 Å². The predicted octanol–water partition coefficient (Wildman–Crippen LogP) is 5.85. The Balaban J connectivity index is 1.62. The fourth-order valence-electron chi connectivity index (χ4n) is 3.28.